The standard InChI is InChI=1S/C56H71N3S2/c1-50(2,3)34-30-43-45-44(31-34)61(53(10,11)12,54(13,14)15)47-36-23-19-21-25-40(36)58-42-33-38-37(55(16)26-28-56(38,17)29-27-55)32-41(42)57-39-24-20-18-22-35(39)46(48(57)59(45)49(47)58)60(43,51(4,5)6)52(7,8)9/h18-25,30-33H,26-29H2,1-17H3. The first-order chi connectivity index (χ1) is 28.2. The zero-order valence-corrected chi connectivity index (χ0v) is 42.0. The molecule has 12 rings (SSSR count). The van der Waals surface area contributed by atoms with E-state index in [1.165, 1.54) is 81.1 Å². The number of benzene rings is 4. The lowest BCUT2D eigenvalue weighted by molar-refractivity contribution is 0.188. The van der Waals surface area contributed by atoms with Crippen LogP contribution in [0.1, 0.15) is 160 Å². The molecule has 0 atom stereocenters. The highest BCUT2D eigenvalue weighted by molar-refractivity contribution is 8.37. The van der Waals surface area contributed by atoms with Crippen molar-refractivity contribution in [1.29, 1.82) is 0 Å². The molecule has 1 fully saturated rings. The molecule has 0 N–H and O–H groups in total. The number of rotatable bonds is 0. The summed E-state index contributed by atoms with van der Waals surface area (Å²) in [5.41, 5.74) is 14.7. The third-order valence-electron chi connectivity index (χ3n) is 16.5. The number of fused-ring (bicyclic) bond motifs is 11. The number of hydrogen-bond donors (Lipinski definition) is 0. The van der Waals surface area contributed by atoms with Crippen LogP contribution in [0.5, 0.6) is 0 Å². The van der Waals surface area contributed by atoms with Crippen molar-refractivity contribution >= 4 is 64.2 Å². The van der Waals surface area contributed by atoms with Crippen molar-refractivity contribution in [3.05, 3.63) is 89.5 Å². The molecule has 5 heterocycles. The molecule has 3 aliphatic carbocycles. The lowest BCUT2D eigenvalue weighted by Crippen LogP contribution is -2.44. The number of aromatic nitrogens is 3. The van der Waals surface area contributed by atoms with Crippen LogP contribution in [0.15, 0.2) is 92.4 Å². The summed E-state index contributed by atoms with van der Waals surface area (Å²) in [5.74, 6) is 0. The monoisotopic (exact) mass is 850 g/mol. The summed E-state index contributed by atoms with van der Waals surface area (Å²) >= 11 is 0. The molecule has 0 radical (unpaired) electrons. The highest BCUT2D eigenvalue weighted by atomic mass is 32.3. The second-order valence-corrected chi connectivity index (χ2v) is 34.1. The number of hydrogen-bond acceptors (Lipinski definition) is 0. The van der Waals surface area contributed by atoms with E-state index in [-0.39, 0.29) is 35.2 Å². The van der Waals surface area contributed by atoms with Gasteiger partial charge in [-0.05, 0) is 95.0 Å². The Morgan fingerprint density at radius 1 is 0.459 bits per heavy atom. The summed E-state index contributed by atoms with van der Waals surface area (Å²) in [6, 6.07) is 30.1. The van der Waals surface area contributed by atoms with Crippen LogP contribution in [0, 0.1) is 0 Å². The minimum absolute atomic E-state index is 0.0460. The second kappa shape index (κ2) is 11.4. The maximum atomic E-state index is 2.89. The van der Waals surface area contributed by atoms with Gasteiger partial charge in [-0.3, -0.25) is 13.4 Å². The molecule has 0 saturated heterocycles. The van der Waals surface area contributed by atoms with Gasteiger partial charge < -0.3 is 0 Å². The van der Waals surface area contributed by atoms with Gasteiger partial charge in [0, 0.05) is 49.3 Å². The molecule has 2 aliphatic heterocycles. The van der Waals surface area contributed by atoms with Gasteiger partial charge >= 0.3 is 0 Å². The van der Waals surface area contributed by atoms with Crippen molar-refractivity contribution < 1.29 is 0 Å². The van der Waals surface area contributed by atoms with Crippen molar-refractivity contribution in [3.8, 4) is 5.69 Å². The molecule has 7 aromatic rings. The van der Waals surface area contributed by atoms with Gasteiger partial charge in [0.15, 0.2) is 0 Å². The van der Waals surface area contributed by atoms with Gasteiger partial charge in [-0.15, -0.1) is 0 Å². The molecule has 3 nitrogen and oxygen atoms in total. The molecule has 322 valence electrons. The van der Waals surface area contributed by atoms with Crippen LogP contribution < -0.4 is 0 Å². The molecule has 1 saturated carbocycles. The van der Waals surface area contributed by atoms with E-state index < -0.39 is 20.1 Å². The molecule has 3 aromatic heterocycles. The van der Waals surface area contributed by atoms with Gasteiger partial charge in [-0.2, -0.15) is 20.1 Å². The van der Waals surface area contributed by atoms with E-state index in [9.17, 15) is 0 Å². The summed E-state index contributed by atoms with van der Waals surface area (Å²) < 4.78 is 8.20. The number of nitrogens with zero attached hydrogens (tertiary/aromatic N) is 3. The Morgan fingerprint density at radius 2 is 0.803 bits per heavy atom. The summed E-state index contributed by atoms with van der Waals surface area (Å²) in [6.45, 7) is 43.7. The maximum absolute atomic E-state index is 2.89. The smallest absolute Gasteiger partial charge is 0.137 e. The van der Waals surface area contributed by atoms with Gasteiger partial charge in [0.1, 0.15) is 11.3 Å². The first-order valence-corrected chi connectivity index (χ1v) is 26.5. The van der Waals surface area contributed by atoms with Crippen molar-refractivity contribution in [2.75, 3.05) is 0 Å². The van der Waals surface area contributed by atoms with E-state index in [1.807, 2.05) is 0 Å². The normalized spacial score (nSPS) is 24.0. The topological polar surface area (TPSA) is 13.8 Å². The zero-order chi connectivity index (χ0) is 43.8. The average Bonchev–Trinajstić information content (AvgIpc) is 3.62. The van der Waals surface area contributed by atoms with Gasteiger partial charge in [0.2, 0.25) is 0 Å². The second-order valence-electron chi connectivity index (χ2n) is 25.1. The van der Waals surface area contributed by atoms with Crippen LogP contribution in [-0.4, -0.2) is 32.4 Å². The Hall–Kier alpha value is -3.54. The Bertz CT molecular complexity index is 2910. The van der Waals surface area contributed by atoms with Crippen molar-refractivity contribution in [2.24, 2.45) is 0 Å². The Balaban J connectivity index is 1.61. The fourth-order valence-electron chi connectivity index (χ4n) is 14.3. The molecule has 5 heteroatoms. The van der Waals surface area contributed by atoms with Gasteiger partial charge in [-0.1, -0.05) is 154 Å². The van der Waals surface area contributed by atoms with Crippen LogP contribution in [0.3, 0.4) is 0 Å². The highest BCUT2D eigenvalue weighted by Crippen LogP contribution is 2.87. The predicted octanol–water partition coefficient (Wildman–Crippen LogP) is 16.7. The maximum Gasteiger partial charge on any atom is 0.137 e. The fraction of sp³-hybridized carbons (Fsp3) is 0.500. The quantitative estimate of drug-likeness (QED) is 0.144. The van der Waals surface area contributed by atoms with Gasteiger partial charge in [-0.25, -0.2) is 0 Å². The minimum atomic E-state index is -1.84. The summed E-state index contributed by atoms with van der Waals surface area (Å²) in [7, 11) is -3.68. The molecule has 0 unspecified atom stereocenters. The first kappa shape index (κ1) is 40.2. The molecular weight excluding hydrogens is 779 g/mol. The third-order valence-corrected chi connectivity index (χ3v) is 27.8. The van der Waals surface area contributed by atoms with Crippen molar-refractivity contribution in [3.63, 3.8) is 0 Å². The molecule has 61 heavy (non-hydrogen) atoms. The summed E-state index contributed by atoms with van der Waals surface area (Å²) in [5, 5.41) is 2.85. The van der Waals surface area contributed by atoms with E-state index in [2.05, 4.69) is 204 Å². The van der Waals surface area contributed by atoms with Crippen LogP contribution in [0.2, 0.25) is 0 Å². The third kappa shape index (κ3) is 4.43. The predicted molar refractivity (Wildman–Crippen MR) is 268 cm³/mol. The molecular formula is C56H71N3S2. The van der Waals surface area contributed by atoms with Crippen LogP contribution in [0.4, 0.5) is 0 Å². The molecule has 5 aliphatic rings. The van der Waals surface area contributed by atoms with E-state index in [4.69, 9.17) is 0 Å². The van der Waals surface area contributed by atoms with Crippen LogP contribution in [-0.2, 0) is 16.2 Å². The lowest BCUT2D eigenvalue weighted by Gasteiger charge is -2.65. The van der Waals surface area contributed by atoms with Crippen LogP contribution >= 0.6 is 20.1 Å². The van der Waals surface area contributed by atoms with Crippen LogP contribution in [0.25, 0.3) is 49.8 Å². The SMILES string of the molecule is CC(C)(C)c1cc2c3c(c1)S(C(C)(C)C)(C(C)(C)C)c1c4ccccc4n4c5cc6c(cc5n5c7ccccc7c(c5n-3c14)S2(C(C)(C)C)C(C)(C)C)C1(C)CCC6(C)CC1. The van der Waals surface area contributed by atoms with E-state index in [0.29, 0.717) is 0 Å². The molecule has 0 spiro atoms. The van der Waals surface area contributed by atoms with Crippen molar-refractivity contribution in [1.82, 2.24) is 13.4 Å². The van der Waals surface area contributed by atoms with E-state index >= 15 is 0 Å². The van der Waals surface area contributed by atoms with E-state index in [0.717, 1.165) is 0 Å². The first-order valence-electron chi connectivity index (χ1n) is 23.3. The average molecular weight is 850 g/mol. The van der Waals surface area contributed by atoms with Gasteiger partial charge in [0.25, 0.3) is 0 Å². The van der Waals surface area contributed by atoms with Gasteiger partial charge in [0.05, 0.1) is 27.8 Å². The minimum Gasteiger partial charge on any atom is -0.292 e. The fourth-order valence-corrected chi connectivity index (χ4v) is 27.1. The summed E-state index contributed by atoms with van der Waals surface area (Å²) in [4.78, 5) is 6.35. The largest absolute Gasteiger partial charge is 0.292 e. The lowest BCUT2D eigenvalue weighted by atomic mass is 9.52. The molecule has 2 bridgehead atoms. The zero-order valence-electron chi connectivity index (χ0n) is 40.4. The number of para-hydroxylation sites is 2. The molecule has 0 amide bonds. The Morgan fingerprint density at radius 3 is 1.13 bits per heavy atom. The summed E-state index contributed by atoms with van der Waals surface area (Å²) in [6.07, 6.45) is 5.08. The Labute approximate surface area is 369 Å². The Kier molecular flexibility index (Phi) is 7.52. The van der Waals surface area contributed by atoms with E-state index in [1.54, 1.807) is 30.7 Å². The van der Waals surface area contributed by atoms with Crippen molar-refractivity contribution in [2.45, 2.75) is 198 Å². The highest BCUT2D eigenvalue weighted by Gasteiger charge is 2.60. The molecule has 4 aromatic carbocycles.